The van der Waals surface area contributed by atoms with Gasteiger partial charge in [-0.05, 0) is 30.7 Å². The Hall–Kier alpha value is -0.860. The van der Waals surface area contributed by atoms with E-state index in [2.05, 4.69) is 19.1 Å². The molecule has 0 spiro atoms. The first-order valence-electron chi connectivity index (χ1n) is 6.62. The van der Waals surface area contributed by atoms with Crippen LogP contribution in [0.5, 0.6) is 0 Å². The molecule has 2 unspecified atom stereocenters. The summed E-state index contributed by atoms with van der Waals surface area (Å²) < 4.78 is 5.77. The Morgan fingerprint density at radius 2 is 2.12 bits per heavy atom. The number of ether oxygens (including phenoxy) is 1. The highest BCUT2D eigenvalue weighted by atomic mass is 16.5. The van der Waals surface area contributed by atoms with Gasteiger partial charge in [-0.15, -0.1) is 0 Å². The molecule has 2 heteroatoms. The molecule has 1 aromatic carbocycles. The van der Waals surface area contributed by atoms with Crippen LogP contribution in [0.4, 0.5) is 0 Å². The van der Waals surface area contributed by atoms with Gasteiger partial charge in [0, 0.05) is 5.54 Å². The molecule has 1 aliphatic carbocycles. The van der Waals surface area contributed by atoms with E-state index in [1.165, 1.54) is 18.4 Å². The summed E-state index contributed by atoms with van der Waals surface area (Å²) in [6.45, 7) is 3.62. The average Bonchev–Trinajstić information content (AvgIpc) is 2.73. The second-order valence-corrected chi connectivity index (χ2v) is 5.36. The second-order valence-electron chi connectivity index (χ2n) is 5.36. The van der Waals surface area contributed by atoms with E-state index in [1.54, 1.807) is 0 Å². The Labute approximate surface area is 104 Å². The fourth-order valence-electron chi connectivity index (χ4n) is 2.70. The third-order valence-electron chi connectivity index (χ3n) is 3.82. The third-order valence-corrected chi connectivity index (χ3v) is 3.82. The standard InChI is InChI=1S/C15H23NO/c1-2-13-8-9-15(16,10-13)12-17-11-14-6-4-3-5-7-14/h3-7,13H,2,8-12,16H2,1H3. The zero-order chi connectivity index (χ0) is 12.1. The van der Waals surface area contributed by atoms with Gasteiger partial charge in [-0.2, -0.15) is 0 Å². The molecule has 0 amide bonds. The van der Waals surface area contributed by atoms with Crippen LogP contribution in [-0.2, 0) is 11.3 Å². The van der Waals surface area contributed by atoms with E-state index in [-0.39, 0.29) is 5.54 Å². The molecule has 0 saturated heterocycles. The molecule has 1 saturated carbocycles. The van der Waals surface area contributed by atoms with Crippen LogP contribution in [0.2, 0.25) is 0 Å². The second kappa shape index (κ2) is 5.65. The van der Waals surface area contributed by atoms with Crippen LogP contribution in [0, 0.1) is 5.92 Å². The third kappa shape index (κ3) is 3.55. The Morgan fingerprint density at radius 1 is 1.35 bits per heavy atom. The predicted octanol–water partition coefficient (Wildman–Crippen LogP) is 3.11. The van der Waals surface area contributed by atoms with Crippen molar-refractivity contribution in [1.82, 2.24) is 0 Å². The van der Waals surface area contributed by atoms with E-state index in [0.29, 0.717) is 13.2 Å². The Kier molecular flexibility index (Phi) is 4.19. The monoisotopic (exact) mass is 233 g/mol. The van der Waals surface area contributed by atoms with Crippen LogP contribution in [0.25, 0.3) is 0 Å². The average molecular weight is 233 g/mol. The first kappa shape index (κ1) is 12.6. The summed E-state index contributed by atoms with van der Waals surface area (Å²) in [6.07, 6.45) is 4.75. The van der Waals surface area contributed by atoms with Gasteiger partial charge in [0.15, 0.2) is 0 Å². The van der Waals surface area contributed by atoms with Crippen LogP contribution in [0.3, 0.4) is 0 Å². The van der Waals surface area contributed by atoms with Crippen molar-refractivity contribution in [3.8, 4) is 0 Å². The molecule has 94 valence electrons. The quantitative estimate of drug-likeness (QED) is 0.848. The smallest absolute Gasteiger partial charge is 0.0717 e. The van der Waals surface area contributed by atoms with E-state index < -0.39 is 0 Å². The summed E-state index contributed by atoms with van der Waals surface area (Å²) >= 11 is 0. The molecular weight excluding hydrogens is 210 g/mol. The van der Waals surface area contributed by atoms with Crippen molar-refractivity contribution in [1.29, 1.82) is 0 Å². The summed E-state index contributed by atoms with van der Waals surface area (Å²) in [5.74, 6) is 0.806. The topological polar surface area (TPSA) is 35.2 Å². The van der Waals surface area contributed by atoms with E-state index in [1.807, 2.05) is 18.2 Å². The maximum absolute atomic E-state index is 6.36. The molecule has 2 atom stereocenters. The molecule has 2 rings (SSSR count). The minimum atomic E-state index is -0.0740. The minimum Gasteiger partial charge on any atom is -0.375 e. The SMILES string of the molecule is CCC1CCC(N)(COCc2ccccc2)C1. The van der Waals surface area contributed by atoms with Gasteiger partial charge in [0.05, 0.1) is 13.2 Å². The zero-order valence-corrected chi connectivity index (χ0v) is 10.7. The summed E-state index contributed by atoms with van der Waals surface area (Å²) in [5, 5.41) is 0. The minimum absolute atomic E-state index is 0.0740. The highest BCUT2D eigenvalue weighted by Crippen LogP contribution is 2.34. The summed E-state index contributed by atoms with van der Waals surface area (Å²) in [7, 11) is 0. The van der Waals surface area contributed by atoms with Gasteiger partial charge in [-0.1, -0.05) is 43.7 Å². The summed E-state index contributed by atoms with van der Waals surface area (Å²) in [4.78, 5) is 0. The van der Waals surface area contributed by atoms with Crippen LogP contribution >= 0.6 is 0 Å². The van der Waals surface area contributed by atoms with Gasteiger partial charge in [-0.25, -0.2) is 0 Å². The number of benzene rings is 1. The predicted molar refractivity (Wildman–Crippen MR) is 70.6 cm³/mol. The molecule has 2 N–H and O–H groups in total. The van der Waals surface area contributed by atoms with Crippen molar-refractivity contribution in [3.05, 3.63) is 35.9 Å². The highest BCUT2D eigenvalue weighted by molar-refractivity contribution is 5.13. The van der Waals surface area contributed by atoms with Crippen LogP contribution in [-0.4, -0.2) is 12.1 Å². The number of hydrogen-bond donors (Lipinski definition) is 1. The van der Waals surface area contributed by atoms with E-state index in [0.717, 1.165) is 18.8 Å². The zero-order valence-electron chi connectivity index (χ0n) is 10.7. The summed E-state index contributed by atoms with van der Waals surface area (Å²) in [6, 6.07) is 10.3. The molecule has 0 bridgehead atoms. The van der Waals surface area contributed by atoms with Gasteiger partial charge in [0.1, 0.15) is 0 Å². The molecule has 0 aromatic heterocycles. The van der Waals surface area contributed by atoms with E-state index >= 15 is 0 Å². The molecule has 1 aromatic rings. The van der Waals surface area contributed by atoms with Crippen molar-refractivity contribution in [3.63, 3.8) is 0 Å². The maximum atomic E-state index is 6.36. The van der Waals surface area contributed by atoms with Gasteiger partial charge >= 0.3 is 0 Å². The van der Waals surface area contributed by atoms with Crippen molar-refractivity contribution in [2.24, 2.45) is 11.7 Å². The van der Waals surface area contributed by atoms with Gasteiger partial charge < -0.3 is 10.5 Å². The summed E-state index contributed by atoms with van der Waals surface area (Å²) in [5.41, 5.74) is 7.51. The fraction of sp³-hybridized carbons (Fsp3) is 0.600. The normalized spacial score (nSPS) is 28.5. The first-order valence-corrected chi connectivity index (χ1v) is 6.62. The van der Waals surface area contributed by atoms with Crippen LogP contribution in [0.1, 0.15) is 38.2 Å². The lowest BCUT2D eigenvalue weighted by atomic mass is 9.97. The highest BCUT2D eigenvalue weighted by Gasteiger charge is 2.34. The fourth-order valence-corrected chi connectivity index (χ4v) is 2.70. The maximum Gasteiger partial charge on any atom is 0.0717 e. The van der Waals surface area contributed by atoms with Gasteiger partial charge in [0.2, 0.25) is 0 Å². The number of nitrogens with two attached hydrogens (primary N) is 1. The van der Waals surface area contributed by atoms with Crippen LogP contribution in [0.15, 0.2) is 30.3 Å². The van der Waals surface area contributed by atoms with Crippen LogP contribution < -0.4 is 5.73 Å². The van der Waals surface area contributed by atoms with Crippen molar-refractivity contribution >= 4 is 0 Å². The molecule has 0 aliphatic heterocycles. The van der Waals surface area contributed by atoms with Crippen molar-refractivity contribution < 1.29 is 4.74 Å². The number of hydrogen-bond acceptors (Lipinski definition) is 2. The molecule has 0 radical (unpaired) electrons. The van der Waals surface area contributed by atoms with Gasteiger partial charge in [-0.3, -0.25) is 0 Å². The first-order chi connectivity index (χ1) is 8.22. The lowest BCUT2D eigenvalue weighted by Gasteiger charge is -2.24. The van der Waals surface area contributed by atoms with E-state index in [4.69, 9.17) is 10.5 Å². The molecule has 2 nitrogen and oxygen atoms in total. The van der Waals surface area contributed by atoms with E-state index in [9.17, 15) is 0 Å². The molecule has 0 heterocycles. The van der Waals surface area contributed by atoms with Crippen molar-refractivity contribution in [2.45, 2.75) is 44.8 Å². The Morgan fingerprint density at radius 3 is 2.76 bits per heavy atom. The largest absolute Gasteiger partial charge is 0.375 e. The molecule has 1 fully saturated rings. The molecular formula is C15H23NO. The lowest BCUT2D eigenvalue weighted by molar-refractivity contribution is 0.0735. The van der Waals surface area contributed by atoms with Crippen molar-refractivity contribution in [2.75, 3.05) is 6.61 Å². The lowest BCUT2D eigenvalue weighted by Crippen LogP contribution is -2.41. The Bertz CT molecular complexity index is 338. The van der Waals surface area contributed by atoms with Gasteiger partial charge in [0.25, 0.3) is 0 Å². The Balaban J connectivity index is 1.75. The molecule has 1 aliphatic rings. The number of rotatable bonds is 5. The molecule has 17 heavy (non-hydrogen) atoms.